The fourth-order valence-electron chi connectivity index (χ4n) is 2.66. The van der Waals surface area contributed by atoms with Gasteiger partial charge in [-0.3, -0.25) is 0 Å². The summed E-state index contributed by atoms with van der Waals surface area (Å²) in [6.07, 6.45) is 3.01. The molecule has 1 fully saturated rings. The summed E-state index contributed by atoms with van der Waals surface area (Å²) in [5.41, 5.74) is 5.92. The number of piperidine rings is 1. The lowest BCUT2D eigenvalue weighted by Gasteiger charge is -2.32. The molecular formula is C12H22N4O3S. The smallest absolute Gasteiger partial charge is 0.182 e. The molecule has 0 bridgehead atoms. The van der Waals surface area contributed by atoms with Crippen LogP contribution in [0.15, 0.2) is 4.90 Å². The van der Waals surface area contributed by atoms with Crippen LogP contribution in [0.3, 0.4) is 0 Å². The van der Waals surface area contributed by atoms with Crippen LogP contribution in [-0.4, -0.2) is 49.3 Å². The fraction of sp³-hybridized carbons (Fsp3) is 0.750. The second-order valence-corrected chi connectivity index (χ2v) is 7.22. The Bertz CT molecular complexity index is 582. The predicted octanol–water partition coefficient (Wildman–Crippen LogP) is 0.0974. The van der Waals surface area contributed by atoms with Gasteiger partial charge in [-0.2, -0.15) is 5.10 Å². The average Bonchev–Trinajstić information content (AvgIpc) is 2.75. The summed E-state index contributed by atoms with van der Waals surface area (Å²) in [7, 11) is -3.44. The molecule has 1 aromatic rings. The van der Waals surface area contributed by atoms with E-state index in [1.165, 1.54) is 4.68 Å². The molecule has 1 aliphatic heterocycles. The summed E-state index contributed by atoms with van der Waals surface area (Å²) >= 11 is 0. The molecule has 0 saturated carbocycles. The number of nitrogens with zero attached hydrogens (tertiary/aromatic N) is 3. The highest BCUT2D eigenvalue weighted by Crippen LogP contribution is 2.32. The maximum Gasteiger partial charge on any atom is 0.182 e. The number of nitrogens with two attached hydrogens (primary N) is 1. The molecule has 114 valence electrons. The van der Waals surface area contributed by atoms with E-state index < -0.39 is 9.84 Å². The van der Waals surface area contributed by atoms with Gasteiger partial charge in [0.25, 0.3) is 0 Å². The van der Waals surface area contributed by atoms with E-state index >= 15 is 0 Å². The zero-order valence-corrected chi connectivity index (χ0v) is 12.7. The molecule has 1 unspecified atom stereocenters. The second kappa shape index (κ2) is 5.61. The number of aryl methyl sites for hydroxylation is 1. The van der Waals surface area contributed by atoms with Gasteiger partial charge in [0, 0.05) is 32.5 Å². The largest absolute Gasteiger partial charge is 0.396 e. The van der Waals surface area contributed by atoms with E-state index in [2.05, 4.69) is 5.10 Å². The molecule has 1 saturated heterocycles. The topological polar surface area (TPSA) is 101 Å². The third-order valence-corrected chi connectivity index (χ3v) is 4.81. The van der Waals surface area contributed by atoms with E-state index in [-0.39, 0.29) is 23.2 Å². The van der Waals surface area contributed by atoms with Gasteiger partial charge in [0.05, 0.1) is 0 Å². The van der Waals surface area contributed by atoms with Gasteiger partial charge in [-0.1, -0.05) is 0 Å². The molecule has 0 spiro atoms. The zero-order valence-electron chi connectivity index (χ0n) is 11.9. The van der Waals surface area contributed by atoms with E-state index in [9.17, 15) is 13.5 Å². The first-order chi connectivity index (χ1) is 9.38. The number of nitrogen functional groups attached to an aromatic ring is 1. The monoisotopic (exact) mass is 302 g/mol. The van der Waals surface area contributed by atoms with E-state index in [0.717, 1.165) is 25.6 Å². The predicted molar refractivity (Wildman–Crippen MR) is 77.4 cm³/mol. The Morgan fingerprint density at radius 1 is 1.50 bits per heavy atom. The lowest BCUT2D eigenvalue weighted by Crippen LogP contribution is -2.37. The van der Waals surface area contributed by atoms with Gasteiger partial charge < -0.3 is 15.7 Å². The number of aromatic nitrogens is 2. The van der Waals surface area contributed by atoms with Crippen molar-refractivity contribution >= 4 is 21.5 Å². The van der Waals surface area contributed by atoms with E-state index in [1.54, 1.807) is 0 Å². The molecule has 1 atom stereocenters. The lowest BCUT2D eigenvalue weighted by atomic mass is 9.99. The molecule has 0 aromatic carbocycles. The highest BCUT2D eigenvalue weighted by atomic mass is 32.2. The molecule has 0 radical (unpaired) electrons. The molecule has 2 rings (SSSR count). The maximum absolute atomic E-state index is 12.0. The summed E-state index contributed by atoms with van der Waals surface area (Å²) in [6, 6.07) is 0. The maximum atomic E-state index is 12.0. The molecule has 2 heterocycles. The number of hydrogen-bond donors (Lipinski definition) is 2. The van der Waals surface area contributed by atoms with Gasteiger partial charge in [-0.05, 0) is 25.7 Å². The lowest BCUT2D eigenvalue weighted by molar-refractivity contribution is 0.208. The minimum atomic E-state index is -3.44. The minimum Gasteiger partial charge on any atom is -0.396 e. The summed E-state index contributed by atoms with van der Waals surface area (Å²) in [4.78, 5) is 2.03. The molecule has 0 amide bonds. The molecular weight excluding hydrogens is 280 g/mol. The van der Waals surface area contributed by atoms with Crippen molar-refractivity contribution in [2.75, 3.05) is 36.6 Å². The van der Waals surface area contributed by atoms with Crippen LogP contribution in [-0.2, 0) is 16.4 Å². The van der Waals surface area contributed by atoms with Crippen molar-refractivity contribution < 1.29 is 13.5 Å². The molecule has 8 heteroatoms. The third kappa shape index (κ3) is 2.76. The van der Waals surface area contributed by atoms with Gasteiger partial charge in [0.1, 0.15) is 5.82 Å². The van der Waals surface area contributed by atoms with Gasteiger partial charge >= 0.3 is 0 Å². The van der Waals surface area contributed by atoms with Gasteiger partial charge in [0.2, 0.25) is 0 Å². The van der Waals surface area contributed by atoms with Crippen molar-refractivity contribution in [1.29, 1.82) is 0 Å². The van der Waals surface area contributed by atoms with E-state index in [4.69, 9.17) is 5.73 Å². The number of rotatable bonds is 4. The number of aliphatic hydroxyl groups is 1. The quantitative estimate of drug-likeness (QED) is 0.818. The number of sulfone groups is 1. The Morgan fingerprint density at radius 2 is 2.20 bits per heavy atom. The SMILES string of the molecule is CCn1nc(N2CCCC(CO)C2)c(S(C)(=O)=O)c1N. The van der Waals surface area contributed by atoms with Crippen molar-refractivity contribution in [1.82, 2.24) is 9.78 Å². The minimum absolute atomic E-state index is 0.106. The standard InChI is InChI=1S/C12H22N4O3S/c1-3-16-11(13)10(20(2,18)19)12(14-16)15-6-4-5-9(7-15)8-17/h9,17H,3-8,13H2,1-2H3. The fourth-order valence-corrected chi connectivity index (χ4v) is 3.64. The van der Waals surface area contributed by atoms with E-state index in [1.807, 2.05) is 11.8 Å². The summed E-state index contributed by atoms with van der Waals surface area (Å²) in [5, 5.41) is 13.6. The first-order valence-corrected chi connectivity index (χ1v) is 8.69. The summed E-state index contributed by atoms with van der Waals surface area (Å²) in [5.74, 6) is 0.769. The molecule has 1 aromatic heterocycles. The van der Waals surface area contributed by atoms with Crippen molar-refractivity contribution in [2.24, 2.45) is 5.92 Å². The van der Waals surface area contributed by atoms with Crippen molar-refractivity contribution in [3.05, 3.63) is 0 Å². The normalized spacial score (nSPS) is 20.4. The van der Waals surface area contributed by atoms with E-state index in [0.29, 0.717) is 18.9 Å². The Labute approximate surface area is 119 Å². The van der Waals surface area contributed by atoms with Crippen molar-refractivity contribution in [2.45, 2.75) is 31.2 Å². The molecule has 0 aliphatic carbocycles. The summed E-state index contributed by atoms with van der Waals surface area (Å²) in [6.45, 7) is 3.84. The van der Waals surface area contributed by atoms with Crippen LogP contribution < -0.4 is 10.6 Å². The molecule has 3 N–H and O–H groups in total. The highest BCUT2D eigenvalue weighted by molar-refractivity contribution is 7.91. The van der Waals surface area contributed by atoms with Crippen LogP contribution in [0.1, 0.15) is 19.8 Å². The van der Waals surface area contributed by atoms with Crippen LogP contribution in [0.4, 0.5) is 11.6 Å². The first-order valence-electron chi connectivity index (χ1n) is 6.80. The number of anilines is 2. The van der Waals surface area contributed by atoms with Crippen LogP contribution in [0, 0.1) is 5.92 Å². The van der Waals surface area contributed by atoms with Gasteiger partial charge in [0.15, 0.2) is 20.6 Å². The van der Waals surface area contributed by atoms with Crippen LogP contribution in [0.5, 0.6) is 0 Å². The second-order valence-electron chi connectivity index (χ2n) is 5.26. The highest BCUT2D eigenvalue weighted by Gasteiger charge is 2.30. The number of aliphatic hydroxyl groups excluding tert-OH is 1. The Morgan fingerprint density at radius 3 is 2.75 bits per heavy atom. The van der Waals surface area contributed by atoms with Crippen LogP contribution in [0.25, 0.3) is 0 Å². The van der Waals surface area contributed by atoms with Crippen molar-refractivity contribution in [3.63, 3.8) is 0 Å². The van der Waals surface area contributed by atoms with Gasteiger partial charge in [-0.15, -0.1) is 0 Å². The first kappa shape index (κ1) is 15.1. The molecule has 20 heavy (non-hydrogen) atoms. The molecule has 7 nitrogen and oxygen atoms in total. The zero-order chi connectivity index (χ0) is 14.9. The molecule has 1 aliphatic rings. The van der Waals surface area contributed by atoms with Gasteiger partial charge in [-0.25, -0.2) is 13.1 Å². The summed E-state index contributed by atoms with van der Waals surface area (Å²) < 4.78 is 25.5. The Hall–Kier alpha value is -1.28. The van der Waals surface area contributed by atoms with Crippen LogP contribution in [0.2, 0.25) is 0 Å². The van der Waals surface area contributed by atoms with Crippen molar-refractivity contribution in [3.8, 4) is 0 Å². The third-order valence-electron chi connectivity index (χ3n) is 3.68. The Kier molecular flexibility index (Phi) is 4.24. The Balaban J connectivity index is 2.45. The van der Waals surface area contributed by atoms with Crippen LogP contribution >= 0.6 is 0 Å². The average molecular weight is 302 g/mol. The number of hydrogen-bond acceptors (Lipinski definition) is 6.